The van der Waals surface area contributed by atoms with Gasteiger partial charge in [0.25, 0.3) is 0 Å². The maximum Gasteiger partial charge on any atom is 0.225 e. The van der Waals surface area contributed by atoms with E-state index in [-0.39, 0.29) is 18.2 Å². The molecule has 1 unspecified atom stereocenters. The highest BCUT2D eigenvalue weighted by Gasteiger charge is 2.29. The Morgan fingerprint density at radius 2 is 1.49 bits per heavy atom. The molecule has 0 radical (unpaired) electrons. The van der Waals surface area contributed by atoms with Crippen LogP contribution in [0.15, 0.2) is 97.1 Å². The molecule has 0 bridgehead atoms. The number of carbonyl (C=O) groups is 1. The fourth-order valence-corrected chi connectivity index (χ4v) is 5.04. The summed E-state index contributed by atoms with van der Waals surface area (Å²) >= 11 is 0. The summed E-state index contributed by atoms with van der Waals surface area (Å²) in [4.78, 5) is 13.5. The predicted molar refractivity (Wildman–Crippen MR) is 145 cm³/mol. The number of amides is 1. The normalized spacial score (nSPS) is 13.2. The average Bonchev–Trinajstić information content (AvgIpc) is 2.93. The van der Waals surface area contributed by atoms with Gasteiger partial charge in [-0.2, -0.15) is 0 Å². The zero-order valence-electron chi connectivity index (χ0n) is 20.9. The predicted octanol–water partition coefficient (Wildman–Crippen LogP) is 6.77. The third kappa shape index (κ3) is 5.58. The van der Waals surface area contributed by atoms with Crippen molar-refractivity contribution in [3.8, 4) is 11.5 Å². The highest BCUT2D eigenvalue weighted by molar-refractivity contribution is 5.93. The zero-order chi connectivity index (χ0) is 25.6. The Morgan fingerprint density at radius 1 is 0.865 bits per heavy atom. The molecule has 0 fully saturated rings. The van der Waals surface area contributed by atoms with Crippen LogP contribution >= 0.6 is 0 Å². The Bertz CT molecular complexity index is 1320. The quantitative estimate of drug-likeness (QED) is 0.270. The standard InChI is InChI=1S/C32H31NO4/c1-36-21-24-13-9-12-23(18-19-28(34)22-10-3-2-4-11-22)32(24)33-31(35)20-27-25-14-5-7-16-29(25)37-30-17-8-6-15-26(27)30/h2-17,27-28,34H,18-21H2,1H3,(H,33,35). The van der Waals surface area contributed by atoms with E-state index in [4.69, 9.17) is 9.47 Å². The number of hydrogen-bond donors (Lipinski definition) is 2. The summed E-state index contributed by atoms with van der Waals surface area (Å²) in [6.45, 7) is 0.383. The molecule has 4 aromatic rings. The number of hydrogen-bond acceptors (Lipinski definition) is 4. The first kappa shape index (κ1) is 24.8. The highest BCUT2D eigenvalue weighted by Crippen LogP contribution is 2.45. The second-order valence-electron chi connectivity index (χ2n) is 9.33. The molecule has 1 atom stereocenters. The summed E-state index contributed by atoms with van der Waals surface area (Å²) in [5.74, 6) is 1.38. The van der Waals surface area contributed by atoms with Crippen molar-refractivity contribution in [2.45, 2.75) is 37.9 Å². The van der Waals surface area contributed by atoms with Crippen LogP contribution in [0.4, 0.5) is 5.69 Å². The minimum absolute atomic E-state index is 0.0788. The van der Waals surface area contributed by atoms with Crippen molar-refractivity contribution < 1.29 is 19.4 Å². The number of aliphatic hydroxyl groups is 1. The van der Waals surface area contributed by atoms with Gasteiger partial charge in [-0.1, -0.05) is 84.9 Å². The van der Waals surface area contributed by atoms with E-state index in [0.29, 0.717) is 19.4 Å². The number of nitrogens with one attached hydrogen (secondary N) is 1. The minimum Gasteiger partial charge on any atom is -0.457 e. The summed E-state index contributed by atoms with van der Waals surface area (Å²) in [6, 6.07) is 31.4. The molecule has 5 rings (SSSR count). The van der Waals surface area contributed by atoms with Crippen LogP contribution < -0.4 is 10.1 Å². The van der Waals surface area contributed by atoms with E-state index in [1.54, 1.807) is 7.11 Å². The Labute approximate surface area is 217 Å². The average molecular weight is 494 g/mol. The summed E-state index contributed by atoms with van der Waals surface area (Å²) in [6.07, 6.45) is 0.868. The molecular formula is C32H31NO4. The molecule has 1 amide bonds. The van der Waals surface area contributed by atoms with E-state index in [1.165, 1.54) is 0 Å². The van der Waals surface area contributed by atoms with E-state index in [9.17, 15) is 9.90 Å². The van der Waals surface area contributed by atoms with Crippen LogP contribution in [0, 0.1) is 0 Å². The topological polar surface area (TPSA) is 67.8 Å². The number of methoxy groups -OCH3 is 1. The van der Waals surface area contributed by atoms with E-state index in [2.05, 4.69) is 5.32 Å². The van der Waals surface area contributed by atoms with Gasteiger partial charge in [-0.15, -0.1) is 0 Å². The summed E-state index contributed by atoms with van der Waals surface area (Å²) in [5.41, 5.74) is 5.56. The van der Waals surface area contributed by atoms with Gasteiger partial charge < -0.3 is 19.9 Å². The number of aryl methyl sites for hydroxylation is 1. The third-order valence-corrected chi connectivity index (χ3v) is 6.87. The molecule has 1 aliphatic heterocycles. The third-order valence-electron chi connectivity index (χ3n) is 6.87. The van der Waals surface area contributed by atoms with Gasteiger partial charge in [-0.3, -0.25) is 4.79 Å². The maximum absolute atomic E-state index is 13.5. The fraction of sp³-hybridized carbons (Fsp3) is 0.219. The first-order chi connectivity index (χ1) is 18.1. The van der Waals surface area contributed by atoms with E-state index < -0.39 is 6.10 Å². The summed E-state index contributed by atoms with van der Waals surface area (Å²) in [5, 5.41) is 13.9. The number of benzene rings is 4. The summed E-state index contributed by atoms with van der Waals surface area (Å²) < 4.78 is 11.5. The molecule has 37 heavy (non-hydrogen) atoms. The van der Waals surface area contributed by atoms with Crippen molar-refractivity contribution in [3.63, 3.8) is 0 Å². The fourth-order valence-electron chi connectivity index (χ4n) is 5.04. The Kier molecular flexibility index (Phi) is 7.64. The van der Waals surface area contributed by atoms with Crippen LogP contribution in [0.1, 0.15) is 52.7 Å². The van der Waals surface area contributed by atoms with Gasteiger partial charge in [0.15, 0.2) is 0 Å². The van der Waals surface area contributed by atoms with Gasteiger partial charge >= 0.3 is 0 Å². The lowest BCUT2D eigenvalue weighted by Gasteiger charge is -2.28. The maximum atomic E-state index is 13.5. The lowest BCUT2D eigenvalue weighted by Crippen LogP contribution is -2.20. The molecule has 0 aliphatic carbocycles. The number of rotatable bonds is 9. The van der Waals surface area contributed by atoms with Crippen molar-refractivity contribution in [1.82, 2.24) is 0 Å². The first-order valence-electron chi connectivity index (χ1n) is 12.6. The van der Waals surface area contributed by atoms with Gasteiger partial charge in [0.2, 0.25) is 5.91 Å². The lowest BCUT2D eigenvalue weighted by molar-refractivity contribution is -0.116. The van der Waals surface area contributed by atoms with Gasteiger partial charge in [0.05, 0.1) is 12.7 Å². The van der Waals surface area contributed by atoms with Gasteiger partial charge in [-0.25, -0.2) is 0 Å². The van der Waals surface area contributed by atoms with Crippen molar-refractivity contribution in [2.24, 2.45) is 0 Å². The number of ether oxygens (including phenoxy) is 2. The molecular weight excluding hydrogens is 462 g/mol. The van der Waals surface area contributed by atoms with Crippen molar-refractivity contribution >= 4 is 11.6 Å². The first-order valence-corrected chi connectivity index (χ1v) is 12.6. The van der Waals surface area contributed by atoms with Gasteiger partial charge in [-0.05, 0) is 36.1 Å². The van der Waals surface area contributed by atoms with Crippen LogP contribution in [0.5, 0.6) is 11.5 Å². The van der Waals surface area contributed by atoms with E-state index in [0.717, 1.165) is 45.0 Å². The smallest absolute Gasteiger partial charge is 0.225 e. The second kappa shape index (κ2) is 11.4. The zero-order valence-corrected chi connectivity index (χ0v) is 20.9. The molecule has 0 aromatic heterocycles. The molecule has 1 heterocycles. The molecule has 188 valence electrons. The number of anilines is 1. The SMILES string of the molecule is COCc1cccc(CCC(O)c2ccccc2)c1NC(=O)CC1c2ccccc2Oc2ccccc21. The largest absolute Gasteiger partial charge is 0.457 e. The van der Waals surface area contributed by atoms with Crippen molar-refractivity contribution in [1.29, 1.82) is 0 Å². The van der Waals surface area contributed by atoms with Crippen molar-refractivity contribution in [3.05, 3.63) is 125 Å². The number of para-hydroxylation sites is 3. The van der Waals surface area contributed by atoms with Gasteiger partial charge in [0.1, 0.15) is 11.5 Å². The van der Waals surface area contributed by atoms with Gasteiger partial charge in [0, 0.05) is 41.8 Å². The number of aliphatic hydroxyl groups excluding tert-OH is 1. The monoisotopic (exact) mass is 493 g/mol. The summed E-state index contributed by atoms with van der Waals surface area (Å²) in [7, 11) is 1.65. The van der Waals surface area contributed by atoms with Crippen LogP contribution in [-0.2, 0) is 22.6 Å². The molecule has 4 aromatic carbocycles. The van der Waals surface area contributed by atoms with Crippen LogP contribution in [0.2, 0.25) is 0 Å². The van der Waals surface area contributed by atoms with Crippen LogP contribution in [0.3, 0.4) is 0 Å². The van der Waals surface area contributed by atoms with Crippen LogP contribution in [-0.4, -0.2) is 18.1 Å². The van der Waals surface area contributed by atoms with E-state index in [1.807, 2.05) is 97.1 Å². The lowest BCUT2D eigenvalue weighted by atomic mass is 9.85. The molecule has 0 spiro atoms. The Hall–Kier alpha value is -3.93. The molecule has 0 saturated heterocycles. The Morgan fingerprint density at radius 3 is 2.16 bits per heavy atom. The number of fused-ring (bicyclic) bond motifs is 2. The van der Waals surface area contributed by atoms with Crippen molar-refractivity contribution in [2.75, 3.05) is 12.4 Å². The molecule has 2 N–H and O–H groups in total. The highest BCUT2D eigenvalue weighted by atomic mass is 16.5. The molecule has 1 aliphatic rings. The second-order valence-corrected chi connectivity index (χ2v) is 9.33. The Balaban J connectivity index is 1.38. The van der Waals surface area contributed by atoms with E-state index >= 15 is 0 Å². The molecule has 5 nitrogen and oxygen atoms in total. The molecule has 0 saturated carbocycles. The number of carbonyl (C=O) groups excluding carboxylic acids is 1. The minimum atomic E-state index is -0.578. The van der Waals surface area contributed by atoms with Crippen LogP contribution in [0.25, 0.3) is 0 Å². The molecule has 5 heteroatoms.